The number of nitrogens with zero attached hydrogens (tertiary/aromatic N) is 2. The summed E-state index contributed by atoms with van der Waals surface area (Å²) in [6.45, 7) is 1.46. The third-order valence-corrected chi connectivity index (χ3v) is 3.32. The molecule has 0 spiro atoms. The van der Waals surface area contributed by atoms with Crippen LogP contribution >= 0.6 is 0 Å². The maximum Gasteiger partial charge on any atom is 0.214 e. The molecule has 15 heavy (non-hydrogen) atoms. The SMILES string of the molecule is COC(c1ncccn1)C(C)S(N)(=O)=O. The van der Waals surface area contributed by atoms with Crippen LogP contribution in [0.25, 0.3) is 0 Å². The Hall–Kier alpha value is -1.05. The molecule has 1 heterocycles. The summed E-state index contributed by atoms with van der Waals surface area (Å²) < 4.78 is 27.3. The second-order valence-electron chi connectivity index (χ2n) is 3.06. The predicted molar refractivity (Wildman–Crippen MR) is 54.4 cm³/mol. The van der Waals surface area contributed by atoms with Crippen LogP contribution in [0.5, 0.6) is 0 Å². The number of ether oxygens (including phenoxy) is 1. The van der Waals surface area contributed by atoms with Crippen LogP contribution < -0.4 is 5.14 Å². The molecule has 1 rings (SSSR count). The summed E-state index contributed by atoms with van der Waals surface area (Å²) >= 11 is 0. The van der Waals surface area contributed by atoms with E-state index in [1.165, 1.54) is 26.4 Å². The van der Waals surface area contributed by atoms with E-state index < -0.39 is 21.4 Å². The van der Waals surface area contributed by atoms with Gasteiger partial charge in [0.15, 0.2) is 5.82 Å². The molecule has 84 valence electrons. The van der Waals surface area contributed by atoms with Gasteiger partial charge in [0, 0.05) is 19.5 Å². The van der Waals surface area contributed by atoms with Crippen LogP contribution in [0.1, 0.15) is 18.9 Å². The number of hydrogen-bond acceptors (Lipinski definition) is 5. The van der Waals surface area contributed by atoms with E-state index >= 15 is 0 Å². The summed E-state index contributed by atoms with van der Waals surface area (Å²) in [5.74, 6) is 0.307. The first-order chi connectivity index (χ1) is 6.96. The standard InChI is InChI=1S/C8H13N3O3S/c1-6(15(9,12)13)7(14-2)8-10-4-3-5-11-8/h3-7H,1-2H3,(H2,9,12,13). The van der Waals surface area contributed by atoms with Crippen LogP contribution in [-0.4, -0.2) is 30.7 Å². The molecular formula is C8H13N3O3S. The van der Waals surface area contributed by atoms with Crippen molar-refractivity contribution in [1.82, 2.24) is 9.97 Å². The van der Waals surface area contributed by atoms with Crippen LogP contribution in [0.3, 0.4) is 0 Å². The van der Waals surface area contributed by atoms with Crippen molar-refractivity contribution < 1.29 is 13.2 Å². The molecule has 1 aromatic rings. The van der Waals surface area contributed by atoms with Crippen molar-refractivity contribution in [2.75, 3.05) is 7.11 Å². The second-order valence-corrected chi connectivity index (χ2v) is 4.98. The Morgan fingerprint density at radius 2 is 1.93 bits per heavy atom. The van der Waals surface area contributed by atoms with Gasteiger partial charge in [-0.2, -0.15) is 0 Å². The van der Waals surface area contributed by atoms with Gasteiger partial charge in [-0.3, -0.25) is 0 Å². The van der Waals surface area contributed by atoms with Gasteiger partial charge in [0.1, 0.15) is 11.4 Å². The van der Waals surface area contributed by atoms with E-state index in [4.69, 9.17) is 9.88 Å². The fourth-order valence-electron chi connectivity index (χ4n) is 1.14. The molecule has 0 amide bonds. The Morgan fingerprint density at radius 1 is 1.40 bits per heavy atom. The molecule has 2 atom stereocenters. The van der Waals surface area contributed by atoms with Crippen molar-refractivity contribution in [3.05, 3.63) is 24.3 Å². The molecule has 0 radical (unpaired) electrons. The van der Waals surface area contributed by atoms with Crippen molar-refractivity contribution in [3.8, 4) is 0 Å². The van der Waals surface area contributed by atoms with Gasteiger partial charge in [-0.1, -0.05) is 0 Å². The van der Waals surface area contributed by atoms with E-state index in [-0.39, 0.29) is 0 Å². The Kier molecular flexibility index (Phi) is 3.72. The number of hydrogen-bond donors (Lipinski definition) is 1. The quantitative estimate of drug-likeness (QED) is 0.777. The Morgan fingerprint density at radius 3 is 2.33 bits per heavy atom. The van der Waals surface area contributed by atoms with Crippen LogP contribution in [0.2, 0.25) is 0 Å². The minimum Gasteiger partial charge on any atom is -0.372 e. The molecule has 0 aliphatic rings. The molecule has 0 saturated heterocycles. The molecular weight excluding hydrogens is 218 g/mol. The molecule has 0 aliphatic carbocycles. The van der Waals surface area contributed by atoms with E-state index in [1.807, 2.05) is 0 Å². The highest BCUT2D eigenvalue weighted by Gasteiger charge is 2.29. The van der Waals surface area contributed by atoms with E-state index in [2.05, 4.69) is 9.97 Å². The number of aromatic nitrogens is 2. The van der Waals surface area contributed by atoms with Crippen molar-refractivity contribution in [1.29, 1.82) is 0 Å². The van der Waals surface area contributed by atoms with Gasteiger partial charge in [0.25, 0.3) is 0 Å². The number of primary sulfonamides is 1. The van der Waals surface area contributed by atoms with Gasteiger partial charge in [-0.15, -0.1) is 0 Å². The monoisotopic (exact) mass is 231 g/mol. The minimum atomic E-state index is -3.67. The molecule has 0 saturated carbocycles. The van der Waals surface area contributed by atoms with Crippen LogP contribution in [0.15, 0.2) is 18.5 Å². The maximum absolute atomic E-state index is 11.1. The zero-order chi connectivity index (χ0) is 11.5. The maximum atomic E-state index is 11.1. The van der Waals surface area contributed by atoms with Crippen LogP contribution in [0.4, 0.5) is 0 Å². The zero-order valence-corrected chi connectivity index (χ0v) is 9.31. The fourth-order valence-corrected chi connectivity index (χ4v) is 1.71. The number of nitrogens with two attached hydrogens (primary N) is 1. The largest absolute Gasteiger partial charge is 0.372 e. The van der Waals surface area contributed by atoms with Gasteiger partial charge in [0.2, 0.25) is 10.0 Å². The highest BCUT2D eigenvalue weighted by atomic mass is 32.2. The van der Waals surface area contributed by atoms with E-state index in [1.54, 1.807) is 6.07 Å². The van der Waals surface area contributed by atoms with Crippen LogP contribution in [-0.2, 0) is 14.8 Å². The number of methoxy groups -OCH3 is 1. The molecule has 2 N–H and O–H groups in total. The Bertz CT molecular complexity index is 406. The van der Waals surface area contributed by atoms with Gasteiger partial charge >= 0.3 is 0 Å². The summed E-state index contributed by atoms with van der Waals surface area (Å²) in [5.41, 5.74) is 0. The molecule has 2 unspecified atom stereocenters. The highest BCUT2D eigenvalue weighted by molar-refractivity contribution is 7.89. The Labute approximate surface area is 88.5 Å². The number of sulfonamides is 1. The smallest absolute Gasteiger partial charge is 0.214 e. The predicted octanol–water partition coefficient (Wildman–Crippen LogP) is -0.159. The van der Waals surface area contributed by atoms with E-state index in [9.17, 15) is 8.42 Å². The van der Waals surface area contributed by atoms with Crippen molar-refractivity contribution >= 4 is 10.0 Å². The van der Waals surface area contributed by atoms with E-state index in [0.717, 1.165) is 0 Å². The third kappa shape index (κ3) is 2.95. The van der Waals surface area contributed by atoms with Gasteiger partial charge in [0.05, 0.1) is 0 Å². The zero-order valence-electron chi connectivity index (χ0n) is 8.49. The van der Waals surface area contributed by atoms with Crippen LogP contribution in [0, 0.1) is 0 Å². The molecule has 6 nitrogen and oxygen atoms in total. The lowest BCUT2D eigenvalue weighted by atomic mass is 10.2. The summed E-state index contributed by atoms with van der Waals surface area (Å²) in [6.07, 6.45) is 2.29. The average Bonchev–Trinajstić information content (AvgIpc) is 2.19. The van der Waals surface area contributed by atoms with Gasteiger partial charge in [-0.05, 0) is 13.0 Å². The second kappa shape index (κ2) is 4.65. The molecule has 7 heteroatoms. The van der Waals surface area contributed by atoms with E-state index in [0.29, 0.717) is 5.82 Å². The summed E-state index contributed by atoms with van der Waals surface area (Å²) in [4.78, 5) is 7.86. The minimum absolute atomic E-state index is 0.307. The lowest BCUT2D eigenvalue weighted by molar-refractivity contribution is 0.0948. The molecule has 0 fully saturated rings. The Balaban J connectivity index is 3.01. The first-order valence-corrected chi connectivity index (χ1v) is 5.89. The van der Waals surface area contributed by atoms with Crippen molar-refractivity contribution in [3.63, 3.8) is 0 Å². The average molecular weight is 231 g/mol. The first-order valence-electron chi connectivity index (χ1n) is 4.28. The highest BCUT2D eigenvalue weighted by Crippen LogP contribution is 2.20. The normalized spacial score (nSPS) is 15.9. The fraction of sp³-hybridized carbons (Fsp3) is 0.500. The number of rotatable bonds is 4. The summed E-state index contributed by atoms with van der Waals surface area (Å²) in [6, 6.07) is 1.64. The molecule has 0 aliphatic heterocycles. The first kappa shape index (κ1) is 12.0. The van der Waals surface area contributed by atoms with Crippen molar-refractivity contribution in [2.45, 2.75) is 18.3 Å². The third-order valence-electron chi connectivity index (χ3n) is 2.04. The lowest BCUT2D eigenvalue weighted by Crippen LogP contribution is -2.33. The molecule has 0 bridgehead atoms. The summed E-state index contributed by atoms with van der Waals surface area (Å²) in [5, 5.41) is 4.15. The molecule has 1 aromatic heterocycles. The van der Waals surface area contributed by atoms with Gasteiger partial charge in [-0.25, -0.2) is 23.5 Å². The van der Waals surface area contributed by atoms with Crippen molar-refractivity contribution in [2.24, 2.45) is 5.14 Å². The lowest BCUT2D eigenvalue weighted by Gasteiger charge is -2.18. The molecule has 0 aromatic carbocycles. The topological polar surface area (TPSA) is 95.2 Å². The summed E-state index contributed by atoms with van der Waals surface area (Å²) in [7, 11) is -2.28. The van der Waals surface area contributed by atoms with Gasteiger partial charge < -0.3 is 4.74 Å².